The highest BCUT2D eigenvalue weighted by molar-refractivity contribution is 5.99. The predicted molar refractivity (Wildman–Crippen MR) is 133 cm³/mol. The molecular formula is C26H26F5N7O2. The largest absolute Gasteiger partial charge is 0.497 e. The summed E-state index contributed by atoms with van der Waals surface area (Å²) in [6, 6.07) is 6.50. The second kappa shape index (κ2) is 10.4. The number of hydrogen-bond acceptors (Lipinski definition) is 7. The van der Waals surface area contributed by atoms with E-state index >= 15 is 0 Å². The number of carbonyl (C=O) groups is 1. The van der Waals surface area contributed by atoms with Crippen molar-refractivity contribution in [2.75, 3.05) is 13.7 Å². The topological polar surface area (TPSA) is 92.8 Å². The average molecular weight is 564 g/mol. The highest BCUT2D eigenvalue weighted by atomic mass is 19.4. The van der Waals surface area contributed by atoms with E-state index in [1.807, 2.05) is 0 Å². The molecule has 4 heterocycles. The number of nitrogens with two attached hydrogens (primary N) is 1. The number of carbonyl (C=O) groups excluding carboxylic acids is 1. The van der Waals surface area contributed by atoms with Gasteiger partial charge < -0.3 is 14.5 Å². The van der Waals surface area contributed by atoms with Crippen LogP contribution < -0.4 is 10.5 Å². The Labute approximate surface area is 226 Å². The van der Waals surface area contributed by atoms with Crippen LogP contribution >= 0.6 is 0 Å². The number of amides is 1. The van der Waals surface area contributed by atoms with Gasteiger partial charge in [0.2, 0.25) is 0 Å². The minimum Gasteiger partial charge on any atom is -0.497 e. The van der Waals surface area contributed by atoms with Gasteiger partial charge in [0.1, 0.15) is 5.75 Å². The Hall–Kier alpha value is -4.20. The lowest BCUT2D eigenvalue weighted by Gasteiger charge is -2.32. The second-order valence-corrected chi connectivity index (χ2v) is 9.50. The Kier molecular flexibility index (Phi) is 7.12. The summed E-state index contributed by atoms with van der Waals surface area (Å²) in [7, 11) is 2.90. The van der Waals surface area contributed by atoms with Crippen LogP contribution in [0, 0.1) is 0 Å². The number of rotatable bonds is 7. The Morgan fingerprint density at radius 2 is 1.88 bits per heavy atom. The summed E-state index contributed by atoms with van der Waals surface area (Å²) in [5.74, 6) is 0.186. The van der Waals surface area contributed by atoms with Crippen LogP contribution in [0.2, 0.25) is 0 Å². The highest BCUT2D eigenvalue weighted by Gasteiger charge is 2.39. The number of aromatic nitrogens is 3. The van der Waals surface area contributed by atoms with E-state index in [4.69, 9.17) is 10.5 Å². The molecule has 0 spiro atoms. The molecule has 14 heteroatoms. The number of methoxy groups -OCH3 is 1. The van der Waals surface area contributed by atoms with Crippen molar-refractivity contribution >= 4 is 5.91 Å². The third-order valence-corrected chi connectivity index (χ3v) is 6.89. The molecule has 5 rings (SSSR count). The molecule has 0 radical (unpaired) electrons. The number of pyridine rings is 1. The molecule has 40 heavy (non-hydrogen) atoms. The Morgan fingerprint density at radius 1 is 1.12 bits per heavy atom. The smallest absolute Gasteiger partial charge is 0.435 e. The number of nitrogens with zero attached hydrogens (tertiary/aromatic N) is 6. The van der Waals surface area contributed by atoms with Gasteiger partial charge in [0, 0.05) is 62.1 Å². The zero-order valence-electron chi connectivity index (χ0n) is 21.6. The van der Waals surface area contributed by atoms with E-state index in [0.29, 0.717) is 27.5 Å². The molecule has 2 aliphatic heterocycles. The third kappa shape index (κ3) is 5.18. The Morgan fingerprint density at radius 3 is 2.55 bits per heavy atom. The fourth-order valence-corrected chi connectivity index (χ4v) is 5.00. The summed E-state index contributed by atoms with van der Waals surface area (Å²) < 4.78 is 74.7. The van der Waals surface area contributed by atoms with Crippen molar-refractivity contribution in [2.45, 2.75) is 38.5 Å². The quantitative estimate of drug-likeness (QED) is 0.346. The van der Waals surface area contributed by atoms with Gasteiger partial charge in [-0.25, -0.2) is 0 Å². The van der Waals surface area contributed by atoms with Crippen LogP contribution in [-0.4, -0.2) is 61.9 Å². The predicted octanol–water partition coefficient (Wildman–Crippen LogP) is 3.76. The number of alkyl halides is 5. The molecule has 1 unspecified atom stereocenters. The molecule has 1 aromatic carbocycles. The maximum absolute atomic E-state index is 13.9. The third-order valence-electron chi connectivity index (χ3n) is 6.89. The molecule has 2 aliphatic rings. The van der Waals surface area contributed by atoms with Crippen LogP contribution in [0.5, 0.6) is 5.75 Å². The normalized spacial score (nSPS) is 17.3. The molecule has 1 atom stereocenters. The molecule has 9 nitrogen and oxygen atoms in total. The molecule has 0 aliphatic carbocycles. The molecule has 0 saturated carbocycles. The Balaban J connectivity index is 1.56. The summed E-state index contributed by atoms with van der Waals surface area (Å²) in [6.45, 7) is -2.44. The number of halogens is 5. The van der Waals surface area contributed by atoms with Gasteiger partial charge in [-0.15, -0.1) is 0 Å². The summed E-state index contributed by atoms with van der Waals surface area (Å²) in [5.41, 5.74) is 6.61. The maximum Gasteiger partial charge on any atom is 0.435 e. The van der Waals surface area contributed by atoms with Gasteiger partial charge in [-0.05, 0) is 41.3 Å². The van der Waals surface area contributed by atoms with Gasteiger partial charge in [0.05, 0.1) is 19.3 Å². The van der Waals surface area contributed by atoms with Crippen molar-refractivity contribution in [1.29, 1.82) is 0 Å². The highest BCUT2D eigenvalue weighted by Crippen LogP contribution is 2.40. The van der Waals surface area contributed by atoms with E-state index in [1.54, 1.807) is 35.4 Å². The van der Waals surface area contributed by atoms with Gasteiger partial charge in [0.25, 0.3) is 5.91 Å². The number of hydrogen-bond donors (Lipinski definition) is 1. The van der Waals surface area contributed by atoms with Gasteiger partial charge >= 0.3 is 12.7 Å². The molecule has 1 amide bonds. The summed E-state index contributed by atoms with van der Waals surface area (Å²) in [6.07, 6.45) is -0.289. The first-order valence-electron chi connectivity index (χ1n) is 12.3. The molecule has 2 aromatic heterocycles. The number of aryl methyl sites for hydroxylation is 1. The SMILES string of the molecule is COc1ccnc(CN2CCc3c(cc(CN4C=CN(C(F)F)C4N)cc3-c3cn(C)nc3C(F)(F)F)C2=O)c1. The minimum absolute atomic E-state index is 0.0203. The lowest BCUT2D eigenvalue weighted by molar-refractivity contribution is -0.141. The first-order valence-corrected chi connectivity index (χ1v) is 12.3. The Bertz CT molecular complexity index is 1460. The van der Waals surface area contributed by atoms with Gasteiger partial charge in [-0.3, -0.25) is 25.1 Å². The van der Waals surface area contributed by atoms with Crippen molar-refractivity contribution in [3.05, 3.63) is 77.1 Å². The number of ether oxygens (including phenoxy) is 1. The van der Waals surface area contributed by atoms with Gasteiger partial charge in [-0.2, -0.15) is 27.1 Å². The fourth-order valence-electron chi connectivity index (χ4n) is 5.00. The van der Waals surface area contributed by atoms with Crippen molar-refractivity contribution in [1.82, 2.24) is 29.5 Å². The van der Waals surface area contributed by atoms with E-state index in [-0.39, 0.29) is 48.7 Å². The van der Waals surface area contributed by atoms with Gasteiger partial charge in [0.15, 0.2) is 12.0 Å². The minimum atomic E-state index is -4.74. The summed E-state index contributed by atoms with van der Waals surface area (Å²) >= 11 is 0. The van der Waals surface area contributed by atoms with E-state index < -0.39 is 24.7 Å². The van der Waals surface area contributed by atoms with Crippen LogP contribution in [0.4, 0.5) is 22.0 Å². The molecule has 0 saturated heterocycles. The average Bonchev–Trinajstić information content (AvgIpc) is 3.48. The van der Waals surface area contributed by atoms with Gasteiger partial charge in [-0.1, -0.05) is 0 Å². The van der Waals surface area contributed by atoms with Crippen molar-refractivity contribution in [3.63, 3.8) is 0 Å². The van der Waals surface area contributed by atoms with E-state index in [1.165, 1.54) is 31.5 Å². The van der Waals surface area contributed by atoms with Crippen LogP contribution in [-0.2, 0) is 32.7 Å². The van der Waals surface area contributed by atoms with Crippen LogP contribution in [0.15, 0.2) is 49.1 Å². The standard InChI is InChI=1S/C26H26F5N7O2/c1-35-14-21(22(34-35)26(29,30)31)19-9-15(12-37-7-8-38(24(27)28)25(37)32)10-20-18(19)4-6-36(23(20)39)13-16-11-17(40-2)3-5-33-16/h3,5,7-11,14,24-25H,4,6,12-13,32H2,1-2H3. The van der Waals surface area contributed by atoms with E-state index in [0.717, 1.165) is 10.9 Å². The first-order chi connectivity index (χ1) is 19.0. The second-order valence-electron chi connectivity index (χ2n) is 9.50. The first kappa shape index (κ1) is 27.4. The fraction of sp³-hybridized carbons (Fsp3) is 0.346. The van der Waals surface area contributed by atoms with Crippen molar-refractivity contribution in [2.24, 2.45) is 12.8 Å². The number of benzene rings is 1. The lowest BCUT2D eigenvalue weighted by atomic mass is 9.88. The molecule has 2 N–H and O–H groups in total. The van der Waals surface area contributed by atoms with E-state index in [2.05, 4.69) is 10.1 Å². The zero-order chi connectivity index (χ0) is 28.8. The van der Waals surface area contributed by atoms with Crippen LogP contribution in [0.25, 0.3) is 11.1 Å². The monoisotopic (exact) mass is 563 g/mol. The molecule has 0 bridgehead atoms. The molecule has 3 aromatic rings. The maximum atomic E-state index is 13.9. The lowest BCUT2D eigenvalue weighted by Crippen LogP contribution is -2.47. The van der Waals surface area contributed by atoms with Crippen molar-refractivity contribution in [3.8, 4) is 16.9 Å². The van der Waals surface area contributed by atoms with E-state index in [9.17, 15) is 26.7 Å². The molecule has 212 valence electrons. The van der Waals surface area contributed by atoms with Crippen LogP contribution in [0.3, 0.4) is 0 Å². The molecular weight excluding hydrogens is 537 g/mol. The summed E-state index contributed by atoms with van der Waals surface area (Å²) in [5, 5.41) is 3.63. The zero-order valence-corrected chi connectivity index (χ0v) is 21.6. The van der Waals surface area contributed by atoms with Crippen LogP contribution in [0.1, 0.15) is 32.9 Å². The molecule has 0 fully saturated rings. The van der Waals surface area contributed by atoms with Crippen molar-refractivity contribution < 1.29 is 31.5 Å². The number of fused-ring (bicyclic) bond motifs is 1. The summed E-state index contributed by atoms with van der Waals surface area (Å²) in [4.78, 5) is 21.6.